The lowest BCUT2D eigenvalue weighted by molar-refractivity contribution is -0.405. The first kappa shape index (κ1) is 16.8. The zero-order valence-electron chi connectivity index (χ0n) is 10.4. The van der Waals surface area contributed by atoms with Crippen molar-refractivity contribution in [2.45, 2.75) is 37.8 Å². The summed E-state index contributed by atoms with van der Waals surface area (Å²) in [7, 11) is 0. The SMILES string of the molecule is NC(=O)CC[C@H](NC(=O)[C@@H]([NH3+])CCC(N)=O)C(=O)[O-]. The van der Waals surface area contributed by atoms with Crippen LogP contribution in [-0.2, 0) is 19.2 Å². The summed E-state index contributed by atoms with van der Waals surface area (Å²) < 4.78 is 0. The van der Waals surface area contributed by atoms with E-state index in [-0.39, 0.29) is 25.7 Å². The van der Waals surface area contributed by atoms with Crippen molar-refractivity contribution in [1.29, 1.82) is 0 Å². The van der Waals surface area contributed by atoms with Gasteiger partial charge in [0.05, 0.1) is 12.0 Å². The molecule has 0 bridgehead atoms. The molecule has 3 amide bonds. The van der Waals surface area contributed by atoms with Crippen molar-refractivity contribution < 1.29 is 30.0 Å². The molecule has 0 saturated heterocycles. The molecule has 2 atom stereocenters. The molecule has 0 aliphatic rings. The lowest BCUT2D eigenvalue weighted by Gasteiger charge is -2.20. The number of hydrogen-bond donors (Lipinski definition) is 4. The molecular formula is C10H18N4O5. The summed E-state index contributed by atoms with van der Waals surface area (Å²) in [5, 5.41) is 12.9. The van der Waals surface area contributed by atoms with Crippen molar-refractivity contribution in [1.82, 2.24) is 5.32 Å². The molecule has 108 valence electrons. The predicted molar refractivity (Wildman–Crippen MR) is 60.5 cm³/mol. The highest BCUT2D eigenvalue weighted by molar-refractivity contribution is 5.86. The van der Waals surface area contributed by atoms with Gasteiger partial charge in [0.25, 0.3) is 5.91 Å². The van der Waals surface area contributed by atoms with Gasteiger partial charge in [-0.15, -0.1) is 0 Å². The second kappa shape index (κ2) is 8.03. The molecule has 0 radical (unpaired) electrons. The molecule has 19 heavy (non-hydrogen) atoms. The summed E-state index contributed by atoms with van der Waals surface area (Å²) in [6.07, 6.45) is -0.274. The van der Waals surface area contributed by atoms with Gasteiger partial charge in [-0.25, -0.2) is 0 Å². The molecule has 8 N–H and O–H groups in total. The molecule has 0 aliphatic heterocycles. The summed E-state index contributed by atoms with van der Waals surface area (Å²) in [5.74, 6) is -3.43. The minimum atomic E-state index is -1.52. The minimum Gasteiger partial charge on any atom is -0.548 e. The number of carboxylic acids is 1. The van der Waals surface area contributed by atoms with Crippen LogP contribution in [-0.4, -0.2) is 35.8 Å². The van der Waals surface area contributed by atoms with Crippen LogP contribution in [0.3, 0.4) is 0 Å². The average Bonchev–Trinajstić information content (AvgIpc) is 2.30. The number of primary amides is 2. The second-order valence-electron chi connectivity index (χ2n) is 4.09. The van der Waals surface area contributed by atoms with Crippen molar-refractivity contribution in [3.8, 4) is 0 Å². The number of nitrogens with one attached hydrogen (secondary N) is 1. The Morgan fingerprint density at radius 2 is 1.53 bits per heavy atom. The average molecular weight is 274 g/mol. The highest BCUT2D eigenvalue weighted by atomic mass is 16.4. The molecule has 0 saturated carbocycles. The van der Waals surface area contributed by atoms with Crippen LogP contribution in [0.25, 0.3) is 0 Å². The molecule has 0 aromatic carbocycles. The zero-order chi connectivity index (χ0) is 15.0. The van der Waals surface area contributed by atoms with E-state index in [1.54, 1.807) is 0 Å². The number of aliphatic carboxylic acids is 1. The van der Waals surface area contributed by atoms with Gasteiger partial charge in [-0.1, -0.05) is 0 Å². The number of carbonyl (C=O) groups is 4. The van der Waals surface area contributed by atoms with E-state index in [0.717, 1.165) is 0 Å². The number of rotatable bonds is 9. The van der Waals surface area contributed by atoms with E-state index in [1.807, 2.05) is 0 Å². The van der Waals surface area contributed by atoms with Gasteiger partial charge in [0, 0.05) is 19.3 Å². The maximum absolute atomic E-state index is 11.6. The van der Waals surface area contributed by atoms with Crippen molar-refractivity contribution in [2.24, 2.45) is 11.5 Å². The fourth-order valence-corrected chi connectivity index (χ4v) is 1.27. The number of nitrogens with two attached hydrogens (primary N) is 2. The Balaban J connectivity index is 4.33. The van der Waals surface area contributed by atoms with Crippen molar-refractivity contribution in [2.75, 3.05) is 0 Å². The quantitative estimate of drug-likeness (QED) is 0.329. The van der Waals surface area contributed by atoms with Crippen LogP contribution in [0, 0.1) is 0 Å². The summed E-state index contributed by atoms with van der Waals surface area (Å²) in [4.78, 5) is 43.4. The molecule has 0 aliphatic carbocycles. The zero-order valence-corrected chi connectivity index (χ0v) is 10.4. The smallest absolute Gasteiger partial charge is 0.278 e. The van der Waals surface area contributed by atoms with Crippen LogP contribution in [0.1, 0.15) is 25.7 Å². The standard InChI is InChI=1S/C10H18N4O5/c11-5(1-3-7(12)15)9(17)14-6(10(18)19)2-4-8(13)16/h5-6H,1-4,11H2,(H2,12,15)(H2,13,16)(H,14,17)(H,18,19)/t5-,6-/m0/s1. The Labute approximate surface area is 109 Å². The maximum Gasteiger partial charge on any atom is 0.278 e. The van der Waals surface area contributed by atoms with Gasteiger partial charge in [0.1, 0.15) is 0 Å². The van der Waals surface area contributed by atoms with Crippen LogP contribution in [0.2, 0.25) is 0 Å². The third-order valence-electron chi connectivity index (χ3n) is 2.39. The first-order valence-electron chi connectivity index (χ1n) is 5.65. The summed E-state index contributed by atoms with van der Waals surface area (Å²) in [5.41, 5.74) is 13.3. The third kappa shape index (κ3) is 7.71. The van der Waals surface area contributed by atoms with Gasteiger partial charge in [0.2, 0.25) is 11.8 Å². The largest absolute Gasteiger partial charge is 0.548 e. The topological polar surface area (TPSA) is 183 Å². The molecule has 0 spiro atoms. The van der Waals surface area contributed by atoms with E-state index >= 15 is 0 Å². The lowest BCUT2D eigenvalue weighted by atomic mass is 10.1. The van der Waals surface area contributed by atoms with Crippen molar-refractivity contribution >= 4 is 23.7 Å². The van der Waals surface area contributed by atoms with Gasteiger partial charge in [0.15, 0.2) is 6.04 Å². The highest BCUT2D eigenvalue weighted by Crippen LogP contribution is 1.98. The number of carboxylic acid groups (broad SMARTS) is 1. The molecule has 0 heterocycles. The molecule has 0 aromatic heterocycles. The Bertz CT molecular complexity index is 371. The van der Waals surface area contributed by atoms with Crippen LogP contribution >= 0.6 is 0 Å². The highest BCUT2D eigenvalue weighted by Gasteiger charge is 2.22. The first-order valence-corrected chi connectivity index (χ1v) is 5.65. The normalized spacial score (nSPS) is 13.3. The molecule has 9 nitrogen and oxygen atoms in total. The van der Waals surface area contributed by atoms with E-state index in [4.69, 9.17) is 11.5 Å². The number of quaternary nitrogens is 1. The van der Waals surface area contributed by atoms with E-state index in [2.05, 4.69) is 11.1 Å². The summed E-state index contributed by atoms with van der Waals surface area (Å²) >= 11 is 0. The third-order valence-corrected chi connectivity index (χ3v) is 2.39. The van der Waals surface area contributed by atoms with Gasteiger partial charge in [-0.3, -0.25) is 14.4 Å². The van der Waals surface area contributed by atoms with E-state index in [1.165, 1.54) is 0 Å². The first-order chi connectivity index (χ1) is 8.73. The fourth-order valence-electron chi connectivity index (χ4n) is 1.27. The lowest BCUT2D eigenvalue weighted by Crippen LogP contribution is -2.69. The Hall–Kier alpha value is -2.16. The molecule has 0 fully saturated rings. The number of hydrogen-bond acceptors (Lipinski definition) is 5. The molecule has 0 unspecified atom stereocenters. The summed E-state index contributed by atoms with van der Waals surface area (Å²) in [6, 6.07) is -2.14. The van der Waals surface area contributed by atoms with Crippen molar-refractivity contribution in [3.63, 3.8) is 0 Å². The van der Waals surface area contributed by atoms with Crippen molar-refractivity contribution in [3.05, 3.63) is 0 Å². The van der Waals surface area contributed by atoms with Crippen LogP contribution in [0.5, 0.6) is 0 Å². The second-order valence-corrected chi connectivity index (χ2v) is 4.09. The number of amides is 3. The van der Waals surface area contributed by atoms with E-state index in [9.17, 15) is 24.3 Å². The Kier molecular flexibility index (Phi) is 7.12. The van der Waals surface area contributed by atoms with Crippen LogP contribution in [0.15, 0.2) is 0 Å². The summed E-state index contributed by atoms with van der Waals surface area (Å²) in [6.45, 7) is 0. The minimum absolute atomic E-state index is 0.0289. The Morgan fingerprint density at radius 1 is 1.05 bits per heavy atom. The van der Waals surface area contributed by atoms with E-state index < -0.39 is 35.8 Å². The molecule has 0 rings (SSSR count). The van der Waals surface area contributed by atoms with Gasteiger partial charge < -0.3 is 32.4 Å². The molecule has 0 aromatic rings. The van der Waals surface area contributed by atoms with Gasteiger partial charge >= 0.3 is 0 Å². The Morgan fingerprint density at radius 3 is 1.95 bits per heavy atom. The monoisotopic (exact) mass is 274 g/mol. The maximum atomic E-state index is 11.6. The van der Waals surface area contributed by atoms with Crippen LogP contribution < -0.4 is 27.6 Å². The number of carbonyl (C=O) groups excluding carboxylic acids is 4. The van der Waals surface area contributed by atoms with Gasteiger partial charge in [-0.2, -0.15) is 0 Å². The van der Waals surface area contributed by atoms with E-state index in [0.29, 0.717) is 0 Å². The fraction of sp³-hybridized carbons (Fsp3) is 0.600. The predicted octanol–water partition coefficient (Wildman–Crippen LogP) is -4.64. The molecule has 9 heteroatoms. The van der Waals surface area contributed by atoms with Crippen LogP contribution in [0.4, 0.5) is 0 Å². The molecular weight excluding hydrogens is 256 g/mol. The van der Waals surface area contributed by atoms with Gasteiger partial charge in [-0.05, 0) is 6.42 Å².